The lowest BCUT2D eigenvalue weighted by molar-refractivity contribution is -0.138. The number of hydrogen-bond donors (Lipinski definition) is 4. The fourth-order valence-corrected chi connectivity index (χ4v) is 4.26. The third kappa shape index (κ3) is 6.70. The van der Waals surface area contributed by atoms with E-state index in [1.807, 2.05) is 36.4 Å². The van der Waals surface area contributed by atoms with E-state index < -0.39 is 35.8 Å². The first kappa shape index (κ1) is 26.3. The van der Waals surface area contributed by atoms with Gasteiger partial charge in [-0.25, -0.2) is 0 Å². The highest BCUT2D eigenvalue weighted by atomic mass is 16.2. The summed E-state index contributed by atoms with van der Waals surface area (Å²) in [7, 11) is 0. The summed E-state index contributed by atoms with van der Waals surface area (Å²) in [6.45, 7) is 0. The molecule has 3 aromatic rings. The summed E-state index contributed by atoms with van der Waals surface area (Å²) < 4.78 is 0. The minimum absolute atomic E-state index is 0.100. The molecule has 194 valence electrons. The van der Waals surface area contributed by atoms with Crippen molar-refractivity contribution in [1.29, 1.82) is 0 Å². The number of ketones is 1. The highest BCUT2D eigenvalue weighted by Gasteiger charge is 2.35. The van der Waals surface area contributed by atoms with Crippen LogP contribution in [0.2, 0.25) is 0 Å². The Morgan fingerprint density at radius 2 is 1.29 bits per heavy atom. The van der Waals surface area contributed by atoms with Gasteiger partial charge in [-0.1, -0.05) is 84.9 Å². The number of rotatable bonds is 10. The molecule has 9 nitrogen and oxygen atoms in total. The molecule has 1 heterocycles. The third-order valence-electron chi connectivity index (χ3n) is 6.31. The number of nitrogens with one attached hydrogen (secondary N) is 3. The van der Waals surface area contributed by atoms with Crippen LogP contribution in [0.4, 0.5) is 0 Å². The van der Waals surface area contributed by atoms with Crippen LogP contribution in [0.5, 0.6) is 0 Å². The quantitative estimate of drug-likeness (QED) is 0.300. The first-order valence-electron chi connectivity index (χ1n) is 12.2. The Morgan fingerprint density at radius 3 is 1.92 bits per heavy atom. The number of amides is 4. The lowest BCUT2D eigenvalue weighted by Gasteiger charge is -2.29. The zero-order valence-corrected chi connectivity index (χ0v) is 20.6. The van der Waals surface area contributed by atoms with Gasteiger partial charge in [0.2, 0.25) is 23.6 Å². The van der Waals surface area contributed by atoms with E-state index >= 15 is 0 Å². The molecule has 3 atom stereocenters. The number of benzene rings is 3. The Kier molecular flexibility index (Phi) is 8.27. The maximum Gasteiger partial charge on any atom is 0.243 e. The zero-order valence-electron chi connectivity index (χ0n) is 20.6. The molecule has 0 unspecified atom stereocenters. The molecule has 3 aromatic carbocycles. The number of primary amides is 1. The van der Waals surface area contributed by atoms with Crippen LogP contribution in [0.25, 0.3) is 0 Å². The van der Waals surface area contributed by atoms with Gasteiger partial charge < -0.3 is 21.7 Å². The topological polar surface area (TPSA) is 147 Å². The molecule has 0 bridgehead atoms. The average molecular weight is 513 g/mol. The molecule has 0 aromatic heterocycles. The first-order valence-corrected chi connectivity index (χ1v) is 12.2. The van der Waals surface area contributed by atoms with Crippen molar-refractivity contribution in [2.24, 2.45) is 5.73 Å². The molecule has 0 aliphatic carbocycles. The molecular formula is C29H28N4O5. The third-order valence-corrected chi connectivity index (χ3v) is 6.31. The second-order valence-corrected chi connectivity index (χ2v) is 9.13. The molecule has 9 heteroatoms. The Morgan fingerprint density at radius 1 is 0.737 bits per heavy atom. The average Bonchev–Trinajstić information content (AvgIpc) is 2.92. The Hall–Kier alpha value is -4.79. The molecule has 5 N–H and O–H groups in total. The van der Waals surface area contributed by atoms with E-state index in [2.05, 4.69) is 16.0 Å². The van der Waals surface area contributed by atoms with Crippen molar-refractivity contribution in [2.45, 2.75) is 37.4 Å². The molecule has 4 amide bonds. The molecule has 1 aliphatic rings. The Balaban J connectivity index is 1.32. The molecular weight excluding hydrogens is 484 g/mol. The summed E-state index contributed by atoms with van der Waals surface area (Å²) in [5.41, 5.74) is 8.14. The summed E-state index contributed by atoms with van der Waals surface area (Å²) in [6.07, 6.45) is 0.0873. The highest BCUT2D eigenvalue weighted by molar-refractivity contribution is 6.09. The summed E-state index contributed by atoms with van der Waals surface area (Å²) in [5, 5.41) is 7.80. The van der Waals surface area contributed by atoms with Crippen molar-refractivity contribution in [2.75, 3.05) is 0 Å². The van der Waals surface area contributed by atoms with Crippen LogP contribution >= 0.6 is 0 Å². The van der Waals surface area contributed by atoms with Crippen LogP contribution in [0.1, 0.15) is 33.5 Å². The number of carbonyl (C=O) groups excluding carboxylic acids is 5. The van der Waals surface area contributed by atoms with Crippen LogP contribution < -0.4 is 21.7 Å². The van der Waals surface area contributed by atoms with Gasteiger partial charge in [0.1, 0.15) is 18.1 Å². The minimum atomic E-state index is -1.06. The van der Waals surface area contributed by atoms with Crippen LogP contribution in [-0.4, -0.2) is 47.5 Å². The van der Waals surface area contributed by atoms with E-state index in [1.54, 1.807) is 48.5 Å². The van der Waals surface area contributed by atoms with E-state index in [1.165, 1.54) is 0 Å². The molecule has 38 heavy (non-hydrogen) atoms. The van der Waals surface area contributed by atoms with Crippen LogP contribution in [0.3, 0.4) is 0 Å². The lowest BCUT2D eigenvalue weighted by atomic mass is 9.99. The molecule has 0 spiro atoms. The zero-order chi connectivity index (χ0) is 27.1. The van der Waals surface area contributed by atoms with Gasteiger partial charge in [0.15, 0.2) is 5.78 Å². The summed E-state index contributed by atoms with van der Waals surface area (Å²) in [6, 6.07) is 22.0. The van der Waals surface area contributed by atoms with Crippen molar-refractivity contribution in [1.82, 2.24) is 16.0 Å². The van der Waals surface area contributed by atoms with Gasteiger partial charge >= 0.3 is 0 Å². The van der Waals surface area contributed by atoms with Crippen LogP contribution in [0.15, 0.2) is 84.9 Å². The van der Waals surface area contributed by atoms with E-state index in [9.17, 15) is 24.0 Å². The number of hydrogen-bond acceptors (Lipinski definition) is 5. The van der Waals surface area contributed by atoms with E-state index in [-0.39, 0.29) is 24.5 Å². The molecule has 0 radical (unpaired) electrons. The van der Waals surface area contributed by atoms with Crippen molar-refractivity contribution in [3.63, 3.8) is 0 Å². The fraction of sp³-hybridized carbons (Fsp3) is 0.207. The number of carbonyl (C=O) groups is 5. The second kappa shape index (κ2) is 12.0. The summed E-state index contributed by atoms with van der Waals surface area (Å²) in [4.78, 5) is 62.3. The van der Waals surface area contributed by atoms with Gasteiger partial charge in [-0.05, 0) is 11.1 Å². The van der Waals surface area contributed by atoms with E-state index in [0.29, 0.717) is 23.1 Å². The SMILES string of the molecule is NC(=O)[C@@H](Cc1ccc(C(=O)c2ccccc2)cc1)NC(=O)C[C@@H]1NC(=O)[C@H](Cc2ccccc2)NC1=O. The smallest absolute Gasteiger partial charge is 0.243 e. The van der Waals surface area contributed by atoms with Gasteiger partial charge in [-0.3, -0.25) is 24.0 Å². The fourth-order valence-electron chi connectivity index (χ4n) is 4.26. The minimum Gasteiger partial charge on any atom is -0.368 e. The molecule has 1 aliphatic heterocycles. The van der Waals surface area contributed by atoms with E-state index in [4.69, 9.17) is 5.73 Å². The van der Waals surface area contributed by atoms with Crippen molar-refractivity contribution >= 4 is 29.4 Å². The predicted molar refractivity (Wildman–Crippen MR) is 140 cm³/mol. The Labute approximate surface area is 219 Å². The van der Waals surface area contributed by atoms with Crippen molar-refractivity contribution < 1.29 is 24.0 Å². The standard InChI is InChI=1S/C29H28N4O5/c30-27(36)22(15-19-11-13-21(14-12-19)26(35)20-9-5-2-6-10-20)31-25(34)17-24-29(38)32-23(28(37)33-24)16-18-7-3-1-4-8-18/h1-14,22-24H,15-17H2,(H2,30,36)(H,31,34)(H,32,38)(H,33,37)/t22-,23+,24+/m1/s1. The van der Waals surface area contributed by atoms with Crippen LogP contribution in [-0.2, 0) is 32.0 Å². The molecule has 1 fully saturated rings. The monoisotopic (exact) mass is 512 g/mol. The Bertz CT molecular complexity index is 1330. The first-order chi connectivity index (χ1) is 18.3. The maximum atomic E-state index is 12.6. The number of nitrogens with two attached hydrogens (primary N) is 1. The van der Waals surface area contributed by atoms with Gasteiger partial charge in [0.25, 0.3) is 0 Å². The highest BCUT2D eigenvalue weighted by Crippen LogP contribution is 2.13. The van der Waals surface area contributed by atoms with E-state index in [0.717, 1.165) is 5.56 Å². The summed E-state index contributed by atoms with van der Waals surface area (Å²) >= 11 is 0. The van der Waals surface area contributed by atoms with Crippen LogP contribution in [0, 0.1) is 0 Å². The second-order valence-electron chi connectivity index (χ2n) is 9.13. The predicted octanol–water partition coefficient (Wildman–Crippen LogP) is 1.05. The molecule has 1 saturated heterocycles. The van der Waals surface area contributed by atoms with Gasteiger partial charge in [-0.2, -0.15) is 0 Å². The van der Waals surface area contributed by atoms with Gasteiger partial charge in [-0.15, -0.1) is 0 Å². The molecule has 0 saturated carbocycles. The van der Waals surface area contributed by atoms with Gasteiger partial charge in [0.05, 0.1) is 6.42 Å². The maximum absolute atomic E-state index is 12.6. The lowest BCUT2D eigenvalue weighted by Crippen LogP contribution is -2.63. The van der Waals surface area contributed by atoms with Gasteiger partial charge in [0, 0.05) is 24.0 Å². The summed E-state index contributed by atoms with van der Waals surface area (Å²) in [5.74, 6) is -2.34. The molecule has 4 rings (SSSR count). The normalized spacial score (nSPS) is 17.6. The van der Waals surface area contributed by atoms with Crippen molar-refractivity contribution in [3.05, 3.63) is 107 Å². The van der Waals surface area contributed by atoms with Crippen molar-refractivity contribution in [3.8, 4) is 0 Å². The number of piperazine rings is 1. The largest absolute Gasteiger partial charge is 0.368 e.